The van der Waals surface area contributed by atoms with Gasteiger partial charge < -0.3 is 15.8 Å². The topological polar surface area (TPSA) is 64.3 Å². The fourth-order valence-corrected chi connectivity index (χ4v) is 1.77. The Morgan fingerprint density at radius 2 is 2.06 bits per heavy atom. The van der Waals surface area contributed by atoms with Gasteiger partial charge in [0.05, 0.1) is 13.2 Å². The Labute approximate surface area is 102 Å². The molecular weight excluding hydrogens is 216 g/mol. The van der Waals surface area contributed by atoms with E-state index in [0.29, 0.717) is 0 Å². The quantitative estimate of drug-likeness (QED) is 0.777. The van der Waals surface area contributed by atoms with E-state index in [1.807, 2.05) is 31.2 Å². The standard InChI is InChI=1S/C13H20N2O2/c1-9(15-10(2)13(14)16)8-11-6-4-5-7-12(11)17-3/h4-7,9-10,15H,8H2,1-3H3,(H2,14,16). The molecule has 1 rings (SSSR count). The van der Waals surface area contributed by atoms with Gasteiger partial charge in [-0.3, -0.25) is 4.79 Å². The number of rotatable bonds is 6. The summed E-state index contributed by atoms with van der Waals surface area (Å²) in [6.45, 7) is 3.78. The molecule has 4 heteroatoms. The van der Waals surface area contributed by atoms with Gasteiger partial charge in [0, 0.05) is 6.04 Å². The first-order valence-corrected chi connectivity index (χ1v) is 5.72. The number of amides is 1. The Hall–Kier alpha value is -1.55. The first kappa shape index (κ1) is 13.5. The number of ether oxygens (including phenoxy) is 1. The van der Waals surface area contributed by atoms with Gasteiger partial charge in [0.15, 0.2) is 0 Å². The number of hydrogen-bond acceptors (Lipinski definition) is 3. The minimum Gasteiger partial charge on any atom is -0.496 e. The molecule has 0 radical (unpaired) electrons. The minimum atomic E-state index is -0.336. The van der Waals surface area contributed by atoms with E-state index in [0.717, 1.165) is 17.7 Å². The largest absolute Gasteiger partial charge is 0.496 e. The maximum Gasteiger partial charge on any atom is 0.234 e. The van der Waals surface area contributed by atoms with Crippen molar-refractivity contribution in [2.45, 2.75) is 32.4 Å². The SMILES string of the molecule is COc1ccccc1CC(C)NC(C)C(N)=O. The van der Waals surface area contributed by atoms with Gasteiger partial charge in [-0.1, -0.05) is 18.2 Å². The lowest BCUT2D eigenvalue weighted by Crippen LogP contribution is -2.44. The Kier molecular flexibility index (Phi) is 4.97. The van der Waals surface area contributed by atoms with Crippen LogP contribution < -0.4 is 15.8 Å². The summed E-state index contributed by atoms with van der Waals surface area (Å²) in [5.74, 6) is 0.532. The highest BCUT2D eigenvalue weighted by atomic mass is 16.5. The second-order valence-corrected chi connectivity index (χ2v) is 4.21. The fraction of sp³-hybridized carbons (Fsp3) is 0.462. The van der Waals surface area contributed by atoms with Crippen LogP contribution in [-0.2, 0) is 11.2 Å². The van der Waals surface area contributed by atoms with Crippen molar-refractivity contribution in [3.63, 3.8) is 0 Å². The molecular formula is C13H20N2O2. The first-order valence-electron chi connectivity index (χ1n) is 5.72. The third kappa shape index (κ3) is 4.07. The second-order valence-electron chi connectivity index (χ2n) is 4.21. The number of benzene rings is 1. The van der Waals surface area contributed by atoms with Crippen molar-refractivity contribution < 1.29 is 9.53 Å². The highest BCUT2D eigenvalue weighted by Crippen LogP contribution is 2.18. The lowest BCUT2D eigenvalue weighted by atomic mass is 10.1. The van der Waals surface area contributed by atoms with E-state index < -0.39 is 0 Å². The van der Waals surface area contributed by atoms with Crippen LogP contribution in [0.15, 0.2) is 24.3 Å². The number of nitrogens with one attached hydrogen (secondary N) is 1. The minimum absolute atomic E-state index is 0.161. The Bertz CT molecular complexity index is 379. The number of methoxy groups -OCH3 is 1. The fourth-order valence-electron chi connectivity index (χ4n) is 1.77. The van der Waals surface area contributed by atoms with Gasteiger partial charge in [-0.05, 0) is 31.9 Å². The van der Waals surface area contributed by atoms with Gasteiger partial charge in [0.25, 0.3) is 0 Å². The summed E-state index contributed by atoms with van der Waals surface area (Å²) in [5, 5.41) is 3.15. The van der Waals surface area contributed by atoms with Crippen LogP contribution in [0, 0.1) is 0 Å². The van der Waals surface area contributed by atoms with Gasteiger partial charge >= 0.3 is 0 Å². The van der Waals surface area contributed by atoms with E-state index in [-0.39, 0.29) is 18.0 Å². The summed E-state index contributed by atoms with van der Waals surface area (Å²) in [5.41, 5.74) is 6.32. The number of para-hydroxylation sites is 1. The molecule has 0 aromatic heterocycles. The van der Waals surface area contributed by atoms with Gasteiger partial charge in [0.2, 0.25) is 5.91 Å². The van der Waals surface area contributed by atoms with Crippen molar-refractivity contribution >= 4 is 5.91 Å². The highest BCUT2D eigenvalue weighted by Gasteiger charge is 2.13. The molecule has 2 atom stereocenters. The smallest absolute Gasteiger partial charge is 0.234 e. The molecule has 0 fully saturated rings. The number of primary amides is 1. The zero-order valence-electron chi connectivity index (χ0n) is 10.6. The molecule has 0 heterocycles. The number of hydrogen-bond donors (Lipinski definition) is 2. The molecule has 0 aliphatic rings. The summed E-state index contributed by atoms with van der Waals surface area (Å²) in [4.78, 5) is 10.9. The van der Waals surface area contributed by atoms with Crippen molar-refractivity contribution in [3.8, 4) is 5.75 Å². The number of carbonyl (C=O) groups excluding carboxylic acids is 1. The molecule has 4 nitrogen and oxygen atoms in total. The monoisotopic (exact) mass is 236 g/mol. The summed E-state index contributed by atoms with van der Waals surface area (Å²) in [6.07, 6.45) is 0.793. The Morgan fingerprint density at radius 3 is 2.65 bits per heavy atom. The van der Waals surface area contributed by atoms with Crippen LogP contribution in [0.25, 0.3) is 0 Å². The van der Waals surface area contributed by atoms with E-state index in [1.54, 1.807) is 14.0 Å². The summed E-state index contributed by atoms with van der Waals surface area (Å²) in [6, 6.07) is 7.70. The van der Waals surface area contributed by atoms with Crippen LogP contribution in [0.1, 0.15) is 19.4 Å². The maximum absolute atomic E-state index is 10.9. The number of carbonyl (C=O) groups is 1. The molecule has 1 aromatic carbocycles. The summed E-state index contributed by atoms with van der Waals surface area (Å²) >= 11 is 0. The number of nitrogens with two attached hydrogens (primary N) is 1. The average molecular weight is 236 g/mol. The zero-order chi connectivity index (χ0) is 12.8. The first-order chi connectivity index (χ1) is 8.04. The van der Waals surface area contributed by atoms with Gasteiger partial charge in [-0.2, -0.15) is 0 Å². The van der Waals surface area contributed by atoms with Crippen LogP contribution in [-0.4, -0.2) is 25.1 Å². The van der Waals surface area contributed by atoms with E-state index >= 15 is 0 Å². The van der Waals surface area contributed by atoms with Crippen molar-refractivity contribution in [1.82, 2.24) is 5.32 Å². The molecule has 2 unspecified atom stereocenters. The van der Waals surface area contributed by atoms with Crippen LogP contribution in [0.5, 0.6) is 5.75 Å². The molecule has 1 amide bonds. The summed E-state index contributed by atoms with van der Waals surface area (Å²) in [7, 11) is 1.66. The van der Waals surface area contributed by atoms with E-state index in [4.69, 9.17) is 10.5 Å². The molecule has 0 bridgehead atoms. The second kappa shape index (κ2) is 6.25. The molecule has 17 heavy (non-hydrogen) atoms. The molecule has 3 N–H and O–H groups in total. The van der Waals surface area contributed by atoms with E-state index in [1.165, 1.54) is 0 Å². The van der Waals surface area contributed by atoms with E-state index in [2.05, 4.69) is 5.32 Å². The zero-order valence-corrected chi connectivity index (χ0v) is 10.6. The Morgan fingerprint density at radius 1 is 1.41 bits per heavy atom. The molecule has 0 saturated heterocycles. The van der Waals surface area contributed by atoms with Crippen LogP contribution >= 0.6 is 0 Å². The average Bonchev–Trinajstić information content (AvgIpc) is 2.29. The lowest BCUT2D eigenvalue weighted by Gasteiger charge is -2.18. The lowest BCUT2D eigenvalue weighted by molar-refractivity contribution is -0.119. The third-order valence-corrected chi connectivity index (χ3v) is 2.68. The maximum atomic E-state index is 10.9. The van der Waals surface area contributed by atoms with Crippen molar-refractivity contribution in [3.05, 3.63) is 29.8 Å². The predicted octanol–water partition coefficient (Wildman–Crippen LogP) is 1.09. The van der Waals surface area contributed by atoms with Crippen LogP contribution in [0.2, 0.25) is 0 Å². The van der Waals surface area contributed by atoms with E-state index in [9.17, 15) is 4.79 Å². The summed E-state index contributed by atoms with van der Waals surface area (Å²) < 4.78 is 5.28. The van der Waals surface area contributed by atoms with Crippen LogP contribution in [0.3, 0.4) is 0 Å². The van der Waals surface area contributed by atoms with Gasteiger partial charge in [-0.25, -0.2) is 0 Å². The van der Waals surface area contributed by atoms with Crippen LogP contribution in [0.4, 0.5) is 0 Å². The predicted molar refractivity (Wildman–Crippen MR) is 68.0 cm³/mol. The van der Waals surface area contributed by atoms with Crippen molar-refractivity contribution in [2.24, 2.45) is 5.73 Å². The van der Waals surface area contributed by atoms with Crippen molar-refractivity contribution in [1.29, 1.82) is 0 Å². The molecule has 0 aliphatic heterocycles. The third-order valence-electron chi connectivity index (χ3n) is 2.68. The molecule has 0 aliphatic carbocycles. The molecule has 94 valence electrons. The van der Waals surface area contributed by atoms with Gasteiger partial charge in [-0.15, -0.1) is 0 Å². The van der Waals surface area contributed by atoms with Gasteiger partial charge in [0.1, 0.15) is 5.75 Å². The van der Waals surface area contributed by atoms with Crippen molar-refractivity contribution in [2.75, 3.05) is 7.11 Å². The Balaban J connectivity index is 2.61. The highest BCUT2D eigenvalue weighted by molar-refractivity contribution is 5.79. The molecule has 1 aromatic rings. The normalized spacial score (nSPS) is 14.1. The molecule has 0 spiro atoms. The molecule has 0 saturated carbocycles.